The normalized spacial score (nSPS) is 39.8. The van der Waals surface area contributed by atoms with Crippen LogP contribution in [0.2, 0.25) is 0 Å². The van der Waals surface area contributed by atoms with E-state index >= 15 is 0 Å². The number of nitrogens with zero attached hydrogens (tertiary/aromatic N) is 1. The van der Waals surface area contributed by atoms with Crippen LogP contribution in [0.4, 0.5) is 0 Å². The van der Waals surface area contributed by atoms with Crippen LogP contribution in [0.5, 0.6) is 11.5 Å². The zero-order valence-corrected chi connectivity index (χ0v) is 13.4. The van der Waals surface area contributed by atoms with Gasteiger partial charge in [-0.3, -0.25) is 9.69 Å². The van der Waals surface area contributed by atoms with Crippen LogP contribution in [0, 0.1) is 11.8 Å². The first-order valence-electron chi connectivity index (χ1n) is 15.0. The van der Waals surface area contributed by atoms with Gasteiger partial charge in [0.05, 0.1) is 21.0 Å². The van der Waals surface area contributed by atoms with Gasteiger partial charge in [-0.05, 0) is 41.9 Å². The van der Waals surface area contributed by atoms with Gasteiger partial charge < -0.3 is 9.47 Å². The lowest BCUT2D eigenvalue weighted by Gasteiger charge is -2.43. The number of methoxy groups -OCH3 is 2. The second kappa shape index (κ2) is 7.14. The van der Waals surface area contributed by atoms with Gasteiger partial charge in [0.1, 0.15) is 5.78 Å². The fourth-order valence-electron chi connectivity index (χ4n) is 3.00. The molecule has 0 bridgehead atoms. The molecule has 3 unspecified atom stereocenters. The van der Waals surface area contributed by atoms with Crippen LogP contribution in [0.1, 0.15) is 70.7 Å². The summed E-state index contributed by atoms with van der Waals surface area (Å²) in [6.07, 6.45) is -7.34. The Balaban J connectivity index is 2.22. The molecule has 3 rings (SSSR count). The van der Waals surface area contributed by atoms with Crippen molar-refractivity contribution in [3.63, 3.8) is 0 Å². The van der Waals surface area contributed by atoms with E-state index in [4.69, 9.17) is 30.0 Å². The fourth-order valence-corrected chi connectivity index (χ4v) is 3.00. The molecule has 1 aromatic carbocycles. The van der Waals surface area contributed by atoms with Gasteiger partial charge >= 0.3 is 0 Å². The van der Waals surface area contributed by atoms with Crippen LogP contribution in [0.3, 0.4) is 0 Å². The van der Waals surface area contributed by atoms with Crippen molar-refractivity contribution in [2.24, 2.45) is 11.8 Å². The van der Waals surface area contributed by atoms with E-state index in [9.17, 15) is 4.79 Å². The molecule has 24 heavy (non-hydrogen) atoms. The monoisotopic (exact) mass is 346 g/mol. The Morgan fingerprint density at radius 3 is 3.08 bits per heavy atom. The van der Waals surface area contributed by atoms with Crippen molar-refractivity contribution in [3.05, 3.63) is 23.2 Å². The minimum absolute atomic E-state index is 0.0821. The molecular formula is C20H29NO3. The van der Waals surface area contributed by atoms with Gasteiger partial charge in [-0.1, -0.05) is 20.1 Å². The number of hydrogen-bond acceptors (Lipinski definition) is 4. The Kier molecular flexibility index (Phi) is 1.97. The van der Waals surface area contributed by atoms with Crippen molar-refractivity contribution < 1.29 is 34.8 Å². The predicted octanol–water partition coefficient (Wildman–Crippen LogP) is 3.63. The first kappa shape index (κ1) is 6.64. The molecule has 2 heterocycles. The molecule has 0 saturated carbocycles. The van der Waals surface area contributed by atoms with Gasteiger partial charge in [0.2, 0.25) is 0 Å². The number of fused-ring (bicyclic) bond motifs is 3. The van der Waals surface area contributed by atoms with Crippen LogP contribution < -0.4 is 9.47 Å². The minimum Gasteiger partial charge on any atom is -0.493 e. The lowest BCUT2D eigenvalue weighted by atomic mass is 9.79. The topological polar surface area (TPSA) is 38.8 Å². The second-order valence-corrected chi connectivity index (χ2v) is 5.57. The van der Waals surface area contributed by atoms with Gasteiger partial charge in [0, 0.05) is 45.1 Å². The minimum atomic E-state index is -3.59. The van der Waals surface area contributed by atoms with Gasteiger partial charge in [-0.15, -0.1) is 0 Å². The van der Waals surface area contributed by atoms with Crippen LogP contribution in [-0.4, -0.2) is 37.9 Å². The summed E-state index contributed by atoms with van der Waals surface area (Å²) in [5, 5.41) is 0. The zero-order valence-electron chi connectivity index (χ0n) is 28.4. The third kappa shape index (κ3) is 3.16. The molecular weight excluding hydrogens is 302 g/mol. The smallest absolute Gasteiger partial charge is 0.161 e. The fraction of sp³-hybridized carbons (Fsp3) is 0.650. The third-order valence-electron chi connectivity index (χ3n) is 4.21. The summed E-state index contributed by atoms with van der Waals surface area (Å²) >= 11 is 0. The number of carbonyl (C=O) groups excluding carboxylic acids is 1. The van der Waals surface area contributed by atoms with E-state index in [1.165, 1.54) is 0 Å². The largest absolute Gasteiger partial charge is 0.493 e. The van der Waals surface area contributed by atoms with Crippen LogP contribution in [0.25, 0.3) is 0 Å². The summed E-state index contributed by atoms with van der Waals surface area (Å²) in [7, 11) is -1.89. The molecule has 1 fully saturated rings. The Morgan fingerprint density at radius 1 is 1.54 bits per heavy atom. The van der Waals surface area contributed by atoms with Gasteiger partial charge in [-0.25, -0.2) is 0 Å². The Hall–Kier alpha value is -1.55. The molecule has 0 aliphatic carbocycles. The Morgan fingerprint density at radius 2 is 2.38 bits per heavy atom. The molecule has 3 atom stereocenters. The summed E-state index contributed by atoms with van der Waals surface area (Å²) < 4.78 is 132. The Bertz CT molecular complexity index is 1140. The van der Waals surface area contributed by atoms with Gasteiger partial charge in [-0.2, -0.15) is 0 Å². The molecule has 1 aromatic rings. The van der Waals surface area contributed by atoms with Crippen LogP contribution in [0.15, 0.2) is 12.1 Å². The second-order valence-electron chi connectivity index (χ2n) is 5.57. The molecule has 2 aliphatic heterocycles. The number of piperidine rings is 1. The van der Waals surface area contributed by atoms with E-state index in [-0.39, 0.29) is 35.9 Å². The summed E-state index contributed by atoms with van der Waals surface area (Å²) in [6, 6.07) is -2.16. The maximum absolute atomic E-state index is 13.5. The highest BCUT2D eigenvalue weighted by molar-refractivity contribution is 5.83. The first-order chi connectivity index (χ1) is 17.4. The summed E-state index contributed by atoms with van der Waals surface area (Å²) in [6.45, 7) is -6.09. The van der Waals surface area contributed by atoms with Crippen molar-refractivity contribution in [3.8, 4) is 11.5 Å². The third-order valence-corrected chi connectivity index (χ3v) is 4.21. The molecule has 4 heteroatoms. The molecule has 0 N–H and O–H groups in total. The molecule has 4 nitrogen and oxygen atoms in total. The maximum Gasteiger partial charge on any atom is 0.161 e. The highest BCUT2D eigenvalue weighted by Gasteiger charge is 2.38. The summed E-state index contributed by atoms with van der Waals surface area (Å²) in [5.41, 5.74) is 0.101. The van der Waals surface area contributed by atoms with E-state index in [2.05, 4.69) is 0 Å². The SMILES string of the molecule is [2H]c1c2c(c([2H])c(OC([2H])([2H])[2H])c1OC)C1CC(=O)C(C([2H])([2H])C([2H])(C([2H])([2H])[2H])C([2H])([2H])C)C([2H])([2H])N1CC2. The standard InChI is InChI=1S/C20H29NO3/c1-5-13(2)8-15-12-21-7-6-14-9-19(23-3)20(24-4)10-16(14)17(21)11-18(15)22/h9-10,13,15,17H,5-8,11-12H2,1-4H3/i2D3,4D3,5D2,8D2,9D,10D,12D2,13D. The number of ketones is 1. The van der Waals surface area contributed by atoms with Crippen molar-refractivity contribution >= 4 is 5.78 Å². The highest BCUT2D eigenvalue weighted by Crippen LogP contribution is 2.42. The van der Waals surface area contributed by atoms with E-state index < -0.39 is 75.0 Å². The predicted molar refractivity (Wildman–Crippen MR) is 94.8 cm³/mol. The molecule has 0 amide bonds. The lowest BCUT2D eigenvalue weighted by molar-refractivity contribution is -0.129. The Labute approximate surface area is 166 Å². The molecule has 0 aromatic heterocycles. The molecule has 1 saturated heterocycles. The van der Waals surface area contributed by atoms with Crippen molar-refractivity contribution in [2.45, 2.75) is 45.4 Å². The van der Waals surface area contributed by atoms with Crippen molar-refractivity contribution in [2.75, 3.05) is 27.2 Å². The van der Waals surface area contributed by atoms with E-state index in [1.807, 2.05) is 0 Å². The number of hydrogen-bond donors (Lipinski definition) is 0. The molecule has 0 spiro atoms. The zero-order chi connectivity index (χ0) is 30.3. The van der Waals surface area contributed by atoms with E-state index in [0.717, 1.165) is 12.0 Å². The van der Waals surface area contributed by atoms with Crippen LogP contribution in [-0.2, 0) is 11.2 Å². The number of benzene rings is 1. The first-order valence-corrected chi connectivity index (χ1v) is 7.54. The highest BCUT2D eigenvalue weighted by atomic mass is 16.5. The molecule has 132 valence electrons. The number of ether oxygens (including phenoxy) is 2. The summed E-state index contributed by atoms with van der Waals surface area (Å²) in [4.78, 5) is 14.5. The average Bonchev–Trinajstić information content (AvgIpc) is 2.73. The van der Waals surface area contributed by atoms with E-state index in [1.54, 1.807) is 0 Å². The molecule has 0 radical (unpaired) electrons. The van der Waals surface area contributed by atoms with E-state index in [0.29, 0.717) is 6.92 Å². The summed E-state index contributed by atoms with van der Waals surface area (Å²) in [5.74, 6) is -8.05. The maximum atomic E-state index is 13.5. The van der Waals surface area contributed by atoms with Gasteiger partial charge in [0.25, 0.3) is 0 Å². The number of rotatable bonds is 5. The average molecular weight is 347 g/mol. The quantitative estimate of drug-likeness (QED) is 0.816. The van der Waals surface area contributed by atoms with Crippen molar-refractivity contribution in [1.29, 1.82) is 0 Å². The van der Waals surface area contributed by atoms with Crippen LogP contribution >= 0.6 is 0 Å². The number of Topliss-reactive ketones (excluding diaryl/α,β-unsaturated/α-hetero) is 1. The molecule has 2 aliphatic rings. The number of carbonyl (C=O) groups is 1. The van der Waals surface area contributed by atoms with Gasteiger partial charge in [0.15, 0.2) is 11.5 Å². The van der Waals surface area contributed by atoms with Crippen molar-refractivity contribution in [1.82, 2.24) is 4.90 Å². The lowest BCUT2D eigenvalue weighted by Crippen LogP contribution is -2.46.